The van der Waals surface area contributed by atoms with Crippen LogP contribution in [0.25, 0.3) is 0 Å². The molecule has 1 aromatic rings. The van der Waals surface area contributed by atoms with Crippen molar-refractivity contribution in [3.63, 3.8) is 0 Å². The maximum absolute atomic E-state index is 3.72. The fraction of sp³-hybridized carbons (Fsp3) is 0.600. The van der Waals surface area contributed by atoms with Crippen LogP contribution in [0.1, 0.15) is 50.1 Å². The first-order valence-corrected chi connectivity index (χ1v) is 7.66. The fourth-order valence-electron chi connectivity index (χ4n) is 3.54. The van der Waals surface area contributed by atoms with Crippen LogP contribution in [0.3, 0.4) is 0 Å². The van der Waals surface area contributed by atoms with Crippen LogP contribution in [0.2, 0.25) is 0 Å². The molecule has 2 atom stereocenters. The Bertz CT molecular complexity index is 394. The summed E-state index contributed by atoms with van der Waals surface area (Å²) in [7, 11) is 0. The van der Waals surface area contributed by atoms with Gasteiger partial charge >= 0.3 is 0 Å². The second kappa shape index (κ2) is 6.40. The molecular formula is C15H21BrClN. The first-order valence-electron chi connectivity index (χ1n) is 6.86. The van der Waals surface area contributed by atoms with E-state index in [1.807, 2.05) is 0 Å². The Morgan fingerprint density at radius 2 is 1.78 bits per heavy atom. The molecule has 100 valence electrons. The summed E-state index contributed by atoms with van der Waals surface area (Å²) in [6.07, 6.45) is 8.38. The zero-order chi connectivity index (χ0) is 11.7. The van der Waals surface area contributed by atoms with E-state index in [9.17, 15) is 0 Å². The third-order valence-corrected chi connectivity index (χ3v) is 5.07. The number of benzene rings is 1. The molecule has 2 saturated heterocycles. The van der Waals surface area contributed by atoms with E-state index in [0.717, 1.165) is 6.04 Å². The third-order valence-electron chi connectivity index (χ3n) is 4.35. The molecule has 0 aliphatic carbocycles. The standard InChI is InChI=1S/C15H20BrN.ClH/c16-14-9-2-1-8-13(14)15-10-5-7-12-6-3-4-11-17(12)15;/h1-2,8-9,12,15H,3-7,10-11H2;1H/t12-,15-;/m1./s1. The van der Waals surface area contributed by atoms with Crippen molar-refractivity contribution in [2.45, 2.75) is 50.6 Å². The zero-order valence-electron chi connectivity index (χ0n) is 10.6. The van der Waals surface area contributed by atoms with Crippen molar-refractivity contribution in [1.29, 1.82) is 0 Å². The van der Waals surface area contributed by atoms with E-state index < -0.39 is 0 Å². The minimum Gasteiger partial charge on any atom is -0.293 e. The van der Waals surface area contributed by atoms with Gasteiger partial charge in [0, 0.05) is 16.6 Å². The van der Waals surface area contributed by atoms with Crippen LogP contribution in [0.5, 0.6) is 0 Å². The van der Waals surface area contributed by atoms with E-state index in [1.54, 1.807) is 0 Å². The highest BCUT2D eigenvalue weighted by atomic mass is 79.9. The lowest BCUT2D eigenvalue weighted by molar-refractivity contribution is 0.0515. The molecule has 0 saturated carbocycles. The van der Waals surface area contributed by atoms with Crippen LogP contribution in [-0.4, -0.2) is 17.5 Å². The average molecular weight is 331 g/mol. The molecule has 0 amide bonds. The molecule has 1 aromatic carbocycles. The minimum atomic E-state index is 0. The van der Waals surface area contributed by atoms with Crippen LogP contribution in [0.4, 0.5) is 0 Å². The number of hydrogen-bond donors (Lipinski definition) is 0. The summed E-state index contributed by atoms with van der Waals surface area (Å²) in [4.78, 5) is 2.77. The van der Waals surface area contributed by atoms with Crippen LogP contribution in [0, 0.1) is 0 Å². The Morgan fingerprint density at radius 1 is 1.00 bits per heavy atom. The summed E-state index contributed by atoms with van der Waals surface area (Å²) >= 11 is 3.72. The van der Waals surface area contributed by atoms with Gasteiger partial charge in [0.15, 0.2) is 0 Å². The first-order chi connectivity index (χ1) is 8.36. The van der Waals surface area contributed by atoms with Gasteiger partial charge in [0.05, 0.1) is 0 Å². The molecule has 1 nitrogen and oxygen atoms in total. The van der Waals surface area contributed by atoms with E-state index in [4.69, 9.17) is 0 Å². The number of piperidine rings is 2. The molecule has 2 fully saturated rings. The van der Waals surface area contributed by atoms with Crippen LogP contribution in [-0.2, 0) is 0 Å². The quantitative estimate of drug-likeness (QED) is 0.704. The molecular weight excluding hydrogens is 310 g/mol. The Hall–Kier alpha value is -0.0500. The Kier molecular flexibility index (Phi) is 5.11. The number of rotatable bonds is 1. The molecule has 0 spiro atoms. The van der Waals surface area contributed by atoms with Gasteiger partial charge in [-0.3, -0.25) is 4.90 Å². The molecule has 0 unspecified atom stereocenters. The van der Waals surface area contributed by atoms with Gasteiger partial charge in [-0.1, -0.05) is 40.5 Å². The van der Waals surface area contributed by atoms with Gasteiger partial charge in [-0.2, -0.15) is 0 Å². The van der Waals surface area contributed by atoms with Crippen LogP contribution < -0.4 is 0 Å². The molecule has 0 bridgehead atoms. The van der Waals surface area contributed by atoms with Crippen LogP contribution in [0.15, 0.2) is 28.7 Å². The maximum Gasteiger partial charge on any atom is 0.0362 e. The van der Waals surface area contributed by atoms with Crippen molar-refractivity contribution < 1.29 is 0 Å². The Morgan fingerprint density at radius 3 is 2.61 bits per heavy atom. The van der Waals surface area contributed by atoms with Gasteiger partial charge in [0.1, 0.15) is 0 Å². The second-order valence-corrected chi connectivity index (χ2v) is 6.21. The van der Waals surface area contributed by atoms with Crippen molar-refractivity contribution in [1.82, 2.24) is 4.90 Å². The molecule has 0 aromatic heterocycles. The SMILES string of the molecule is Brc1ccccc1[C@H]1CCC[C@H]2CCCCN21.Cl. The van der Waals surface area contributed by atoms with Crippen molar-refractivity contribution in [3.05, 3.63) is 34.3 Å². The molecule has 0 radical (unpaired) electrons. The Labute approximate surface area is 124 Å². The largest absolute Gasteiger partial charge is 0.293 e. The highest BCUT2D eigenvalue weighted by molar-refractivity contribution is 9.10. The van der Waals surface area contributed by atoms with Gasteiger partial charge in [0.25, 0.3) is 0 Å². The average Bonchev–Trinajstić information content (AvgIpc) is 2.39. The van der Waals surface area contributed by atoms with Gasteiger partial charge < -0.3 is 0 Å². The first kappa shape index (κ1) is 14.4. The number of hydrogen-bond acceptors (Lipinski definition) is 1. The summed E-state index contributed by atoms with van der Waals surface area (Å²) < 4.78 is 1.29. The van der Waals surface area contributed by atoms with Crippen LogP contribution >= 0.6 is 28.3 Å². The van der Waals surface area contributed by atoms with E-state index in [1.165, 1.54) is 55.1 Å². The van der Waals surface area contributed by atoms with E-state index in [2.05, 4.69) is 45.1 Å². The normalized spacial score (nSPS) is 28.3. The van der Waals surface area contributed by atoms with Crippen molar-refractivity contribution in [2.75, 3.05) is 6.54 Å². The molecule has 2 heterocycles. The summed E-state index contributed by atoms with van der Waals surface area (Å²) in [5.41, 5.74) is 1.50. The van der Waals surface area contributed by atoms with Crippen molar-refractivity contribution in [2.24, 2.45) is 0 Å². The summed E-state index contributed by atoms with van der Waals surface area (Å²) in [6, 6.07) is 10.3. The lowest BCUT2D eigenvalue weighted by Crippen LogP contribution is -2.44. The molecule has 3 rings (SSSR count). The summed E-state index contributed by atoms with van der Waals surface area (Å²) in [6.45, 7) is 1.30. The summed E-state index contributed by atoms with van der Waals surface area (Å²) in [5.74, 6) is 0. The minimum absolute atomic E-state index is 0. The molecule has 2 aliphatic heterocycles. The van der Waals surface area contributed by atoms with Crippen molar-refractivity contribution >= 4 is 28.3 Å². The van der Waals surface area contributed by atoms with E-state index in [-0.39, 0.29) is 12.4 Å². The Balaban J connectivity index is 0.00000120. The number of halogens is 2. The molecule has 3 heteroatoms. The highest BCUT2D eigenvalue weighted by Gasteiger charge is 2.33. The van der Waals surface area contributed by atoms with Gasteiger partial charge in [-0.15, -0.1) is 12.4 Å². The molecule has 2 aliphatic rings. The lowest BCUT2D eigenvalue weighted by Gasteiger charge is -2.45. The van der Waals surface area contributed by atoms with E-state index in [0.29, 0.717) is 6.04 Å². The predicted molar refractivity (Wildman–Crippen MR) is 82.3 cm³/mol. The number of fused-ring (bicyclic) bond motifs is 1. The number of nitrogens with zero attached hydrogens (tertiary/aromatic N) is 1. The smallest absolute Gasteiger partial charge is 0.0362 e. The van der Waals surface area contributed by atoms with Gasteiger partial charge in [-0.05, 0) is 50.3 Å². The van der Waals surface area contributed by atoms with E-state index >= 15 is 0 Å². The summed E-state index contributed by atoms with van der Waals surface area (Å²) in [5, 5.41) is 0. The molecule has 0 N–H and O–H groups in total. The van der Waals surface area contributed by atoms with Gasteiger partial charge in [-0.25, -0.2) is 0 Å². The maximum atomic E-state index is 3.72. The highest BCUT2D eigenvalue weighted by Crippen LogP contribution is 2.40. The third kappa shape index (κ3) is 2.76. The molecule has 18 heavy (non-hydrogen) atoms. The fourth-order valence-corrected chi connectivity index (χ4v) is 4.08. The van der Waals surface area contributed by atoms with Gasteiger partial charge in [0.2, 0.25) is 0 Å². The second-order valence-electron chi connectivity index (χ2n) is 5.36. The predicted octanol–water partition coefficient (Wildman–Crippen LogP) is 4.95. The lowest BCUT2D eigenvalue weighted by atomic mass is 9.86. The topological polar surface area (TPSA) is 3.24 Å². The van der Waals surface area contributed by atoms with Crippen molar-refractivity contribution in [3.8, 4) is 0 Å². The zero-order valence-corrected chi connectivity index (χ0v) is 13.0. The monoisotopic (exact) mass is 329 g/mol.